The summed E-state index contributed by atoms with van der Waals surface area (Å²) in [6.07, 6.45) is 0. The van der Waals surface area contributed by atoms with Crippen molar-refractivity contribution in [2.24, 2.45) is 0 Å². The minimum absolute atomic E-state index is 0.336. The molecule has 0 aliphatic carbocycles. The highest BCUT2D eigenvalue weighted by Gasteiger charge is 2.09. The molecule has 0 saturated heterocycles. The third-order valence-electron chi connectivity index (χ3n) is 2.71. The number of urea groups is 1. The van der Waals surface area contributed by atoms with Crippen LogP contribution in [0.1, 0.15) is 0 Å². The molecule has 3 aromatic rings. The zero-order valence-electron chi connectivity index (χ0n) is 11.0. The molecule has 2 amide bonds. The van der Waals surface area contributed by atoms with E-state index in [1.165, 1.54) is 0 Å². The summed E-state index contributed by atoms with van der Waals surface area (Å²) >= 11 is 1.15. The molecule has 0 aliphatic rings. The summed E-state index contributed by atoms with van der Waals surface area (Å²) in [5.41, 5.74) is 1.65. The van der Waals surface area contributed by atoms with Gasteiger partial charge in [0.1, 0.15) is 0 Å². The van der Waals surface area contributed by atoms with Crippen LogP contribution in [-0.4, -0.2) is 15.4 Å². The summed E-state index contributed by atoms with van der Waals surface area (Å²) < 4.78 is 4.23. The van der Waals surface area contributed by atoms with Gasteiger partial charge < -0.3 is 5.32 Å². The number of aromatic nitrogens is 2. The first kappa shape index (κ1) is 13.3. The van der Waals surface area contributed by atoms with Crippen LogP contribution in [0.3, 0.4) is 0 Å². The van der Waals surface area contributed by atoms with Crippen LogP contribution in [-0.2, 0) is 0 Å². The highest BCUT2D eigenvalue weighted by atomic mass is 32.1. The van der Waals surface area contributed by atoms with E-state index in [9.17, 15) is 4.79 Å². The summed E-state index contributed by atoms with van der Waals surface area (Å²) in [7, 11) is 0. The highest BCUT2D eigenvalue weighted by molar-refractivity contribution is 7.10. The SMILES string of the molecule is O=C(Nc1ccccc1)Nc1nc(-c2ccccc2)ns1. The number of carbonyl (C=O) groups excluding carboxylic acids is 1. The van der Waals surface area contributed by atoms with Crippen molar-refractivity contribution in [3.05, 3.63) is 60.7 Å². The van der Waals surface area contributed by atoms with Crippen molar-refractivity contribution >= 4 is 28.4 Å². The lowest BCUT2D eigenvalue weighted by molar-refractivity contribution is 0.262. The molecule has 2 N–H and O–H groups in total. The minimum Gasteiger partial charge on any atom is -0.308 e. The minimum atomic E-state index is -0.336. The number of hydrogen-bond acceptors (Lipinski definition) is 4. The lowest BCUT2D eigenvalue weighted by Crippen LogP contribution is -2.19. The summed E-state index contributed by atoms with van der Waals surface area (Å²) in [5.74, 6) is 0.607. The zero-order chi connectivity index (χ0) is 14.5. The van der Waals surface area contributed by atoms with Gasteiger partial charge in [-0.2, -0.15) is 9.36 Å². The van der Waals surface area contributed by atoms with Gasteiger partial charge in [-0.25, -0.2) is 4.79 Å². The summed E-state index contributed by atoms with van der Waals surface area (Å²) in [4.78, 5) is 16.1. The predicted molar refractivity (Wildman–Crippen MR) is 84.4 cm³/mol. The molecule has 0 bridgehead atoms. The molecule has 0 aliphatic heterocycles. The van der Waals surface area contributed by atoms with Crippen molar-refractivity contribution in [1.29, 1.82) is 0 Å². The molecule has 2 aromatic carbocycles. The topological polar surface area (TPSA) is 66.9 Å². The maximum atomic E-state index is 11.8. The predicted octanol–water partition coefficient (Wildman–Crippen LogP) is 3.85. The van der Waals surface area contributed by atoms with E-state index >= 15 is 0 Å². The molecular weight excluding hydrogens is 284 g/mol. The van der Waals surface area contributed by atoms with Gasteiger partial charge in [-0.1, -0.05) is 48.5 Å². The van der Waals surface area contributed by atoms with Gasteiger partial charge in [-0.15, -0.1) is 0 Å². The van der Waals surface area contributed by atoms with Gasteiger partial charge in [-0.3, -0.25) is 5.32 Å². The maximum Gasteiger partial charge on any atom is 0.325 e. The van der Waals surface area contributed by atoms with Crippen LogP contribution in [0, 0.1) is 0 Å². The smallest absolute Gasteiger partial charge is 0.308 e. The second-order valence-corrected chi connectivity index (χ2v) is 4.99. The highest BCUT2D eigenvalue weighted by Crippen LogP contribution is 2.20. The van der Waals surface area contributed by atoms with Crippen LogP contribution in [0.2, 0.25) is 0 Å². The second kappa shape index (κ2) is 6.15. The molecule has 0 saturated carbocycles. The Labute approximate surface area is 125 Å². The zero-order valence-corrected chi connectivity index (χ0v) is 11.8. The molecule has 0 atom stereocenters. The molecule has 0 radical (unpaired) electrons. The molecule has 21 heavy (non-hydrogen) atoms. The van der Waals surface area contributed by atoms with E-state index in [1.807, 2.05) is 60.7 Å². The molecule has 3 rings (SSSR count). The maximum absolute atomic E-state index is 11.8. The average molecular weight is 296 g/mol. The Morgan fingerprint density at radius 2 is 1.57 bits per heavy atom. The number of para-hydroxylation sites is 1. The summed E-state index contributed by atoms with van der Waals surface area (Å²) in [6.45, 7) is 0. The van der Waals surface area contributed by atoms with Gasteiger partial charge in [0.15, 0.2) is 5.82 Å². The Hall–Kier alpha value is -2.73. The molecule has 1 heterocycles. The number of carbonyl (C=O) groups is 1. The number of anilines is 2. The lowest BCUT2D eigenvalue weighted by atomic mass is 10.2. The molecule has 1 aromatic heterocycles. The molecule has 0 spiro atoms. The number of nitrogens with one attached hydrogen (secondary N) is 2. The van der Waals surface area contributed by atoms with E-state index in [2.05, 4.69) is 20.0 Å². The molecule has 5 nitrogen and oxygen atoms in total. The normalized spacial score (nSPS) is 10.1. The third-order valence-corrected chi connectivity index (χ3v) is 3.34. The van der Waals surface area contributed by atoms with Crippen molar-refractivity contribution in [1.82, 2.24) is 9.36 Å². The molecule has 6 heteroatoms. The quantitative estimate of drug-likeness (QED) is 0.771. The van der Waals surface area contributed by atoms with Gasteiger partial charge in [0.05, 0.1) is 0 Å². The van der Waals surface area contributed by atoms with Crippen LogP contribution in [0.25, 0.3) is 11.4 Å². The largest absolute Gasteiger partial charge is 0.325 e. The van der Waals surface area contributed by atoms with Crippen LogP contribution in [0.4, 0.5) is 15.6 Å². The van der Waals surface area contributed by atoms with Gasteiger partial charge in [0.2, 0.25) is 5.13 Å². The molecular formula is C15H12N4OS. The van der Waals surface area contributed by atoms with E-state index in [0.29, 0.717) is 11.0 Å². The van der Waals surface area contributed by atoms with Gasteiger partial charge in [0.25, 0.3) is 0 Å². The van der Waals surface area contributed by atoms with Gasteiger partial charge in [-0.05, 0) is 12.1 Å². The van der Waals surface area contributed by atoms with Crippen LogP contribution in [0.15, 0.2) is 60.7 Å². The monoisotopic (exact) mass is 296 g/mol. The van der Waals surface area contributed by atoms with Crippen molar-refractivity contribution in [3.63, 3.8) is 0 Å². The van der Waals surface area contributed by atoms with Crippen molar-refractivity contribution < 1.29 is 4.79 Å². The number of hydrogen-bond donors (Lipinski definition) is 2. The first-order valence-electron chi connectivity index (χ1n) is 6.33. The van der Waals surface area contributed by atoms with E-state index in [0.717, 1.165) is 22.8 Å². The molecule has 104 valence electrons. The Morgan fingerprint density at radius 3 is 2.29 bits per heavy atom. The van der Waals surface area contributed by atoms with Gasteiger partial charge >= 0.3 is 6.03 Å². The average Bonchev–Trinajstić information content (AvgIpc) is 2.97. The van der Waals surface area contributed by atoms with Gasteiger partial charge in [0, 0.05) is 22.8 Å². The van der Waals surface area contributed by atoms with Crippen LogP contribution in [0.5, 0.6) is 0 Å². The van der Waals surface area contributed by atoms with Crippen LogP contribution >= 0.6 is 11.5 Å². The molecule has 0 fully saturated rings. The Balaban J connectivity index is 1.66. The Kier molecular flexibility index (Phi) is 3.88. The number of rotatable bonds is 3. The van der Waals surface area contributed by atoms with Crippen LogP contribution < -0.4 is 10.6 Å². The standard InChI is InChI=1S/C15H12N4OS/c20-14(16-12-9-5-2-6-10-12)18-15-17-13(19-21-15)11-7-3-1-4-8-11/h1-10H,(H2,16,17,18,19,20). The third kappa shape index (κ3) is 3.43. The van der Waals surface area contributed by atoms with Crippen molar-refractivity contribution in [2.75, 3.05) is 10.6 Å². The first-order chi connectivity index (χ1) is 10.3. The number of benzene rings is 2. The lowest BCUT2D eigenvalue weighted by Gasteiger charge is -2.04. The van der Waals surface area contributed by atoms with E-state index in [-0.39, 0.29) is 6.03 Å². The second-order valence-electron chi connectivity index (χ2n) is 4.23. The fourth-order valence-corrected chi connectivity index (χ4v) is 2.34. The number of amides is 2. The Morgan fingerprint density at radius 1 is 0.905 bits per heavy atom. The fraction of sp³-hybridized carbons (Fsp3) is 0. The van der Waals surface area contributed by atoms with E-state index in [1.54, 1.807) is 0 Å². The Bertz CT molecular complexity index is 728. The van der Waals surface area contributed by atoms with E-state index < -0.39 is 0 Å². The van der Waals surface area contributed by atoms with E-state index in [4.69, 9.17) is 0 Å². The first-order valence-corrected chi connectivity index (χ1v) is 7.11. The molecule has 0 unspecified atom stereocenters. The fourth-order valence-electron chi connectivity index (χ4n) is 1.76. The van der Waals surface area contributed by atoms with Crippen molar-refractivity contribution in [3.8, 4) is 11.4 Å². The number of nitrogens with zero attached hydrogens (tertiary/aromatic N) is 2. The summed E-state index contributed by atoms with van der Waals surface area (Å²) in [5, 5.41) is 5.86. The summed E-state index contributed by atoms with van der Waals surface area (Å²) in [6, 6.07) is 18.5. The van der Waals surface area contributed by atoms with Crippen molar-refractivity contribution in [2.45, 2.75) is 0 Å².